The average Bonchev–Trinajstić information content (AvgIpc) is 3.05. The van der Waals surface area contributed by atoms with E-state index in [4.69, 9.17) is 4.74 Å². The number of hydrogen-bond acceptors (Lipinski definition) is 2. The van der Waals surface area contributed by atoms with Crippen LogP contribution in [0.5, 0.6) is 0 Å². The van der Waals surface area contributed by atoms with Crippen LogP contribution in [-0.4, -0.2) is 19.0 Å². The molecular weight excluding hydrogens is 356 g/mol. The van der Waals surface area contributed by atoms with Gasteiger partial charge in [-0.3, -0.25) is 4.79 Å². The molecular formula is C27H36O2. The van der Waals surface area contributed by atoms with Crippen LogP contribution in [0.2, 0.25) is 0 Å². The van der Waals surface area contributed by atoms with Gasteiger partial charge in [-0.15, -0.1) is 0 Å². The Morgan fingerprint density at radius 2 is 1.48 bits per heavy atom. The molecule has 0 saturated carbocycles. The summed E-state index contributed by atoms with van der Waals surface area (Å²) in [5.41, 5.74) is 3.98. The van der Waals surface area contributed by atoms with Crippen LogP contribution in [0, 0.1) is 5.92 Å². The molecule has 0 amide bonds. The molecule has 1 atom stereocenters. The fourth-order valence-corrected chi connectivity index (χ4v) is 4.71. The van der Waals surface area contributed by atoms with Gasteiger partial charge >= 0.3 is 0 Å². The van der Waals surface area contributed by atoms with Crippen LogP contribution in [0.4, 0.5) is 0 Å². The van der Waals surface area contributed by atoms with Gasteiger partial charge in [-0.25, -0.2) is 0 Å². The number of ether oxygens (including phenoxy) is 1. The SMILES string of the molecule is CCCCOCC1(C(=O)CC(CC)CCCC)c2ccccc2-c2ccccc21. The van der Waals surface area contributed by atoms with Gasteiger partial charge in [0.15, 0.2) is 0 Å². The van der Waals surface area contributed by atoms with E-state index in [2.05, 4.69) is 69.3 Å². The topological polar surface area (TPSA) is 26.3 Å². The molecule has 0 radical (unpaired) electrons. The predicted molar refractivity (Wildman–Crippen MR) is 121 cm³/mol. The van der Waals surface area contributed by atoms with Crippen molar-refractivity contribution in [2.24, 2.45) is 5.92 Å². The van der Waals surface area contributed by atoms with Crippen molar-refractivity contribution in [3.63, 3.8) is 0 Å². The third-order valence-corrected chi connectivity index (χ3v) is 6.52. The highest BCUT2D eigenvalue weighted by atomic mass is 16.5. The van der Waals surface area contributed by atoms with Gasteiger partial charge in [-0.1, -0.05) is 101 Å². The largest absolute Gasteiger partial charge is 0.380 e. The molecule has 156 valence electrons. The van der Waals surface area contributed by atoms with E-state index in [9.17, 15) is 4.79 Å². The van der Waals surface area contributed by atoms with Crippen molar-refractivity contribution < 1.29 is 9.53 Å². The molecule has 0 spiro atoms. The lowest BCUT2D eigenvalue weighted by Gasteiger charge is -2.32. The second kappa shape index (κ2) is 10.2. The predicted octanol–water partition coefficient (Wildman–Crippen LogP) is 6.95. The summed E-state index contributed by atoms with van der Waals surface area (Å²) < 4.78 is 6.17. The van der Waals surface area contributed by atoms with Gasteiger partial charge in [0.2, 0.25) is 0 Å². The van der Waals surface area contributed by atoms with Crippen LogP contribution in [0.25, 0.3) is 11.1 Å². The minimum Gasteiger partial charge on any atom is -0.380 e. The van der Waals surface area contributed by atoms with Gasteiger partial charge in [0.05, 0.1) is 6.61 Å². The fourth-order valence-electron chi connectivity index (χ4n) is 4.71. The van der Waals surface area contributed by atoms with Gasteiger partial charge in [-0.05, 0) is 34.6 Å². The Hall–Kier alpha value is -1.93. The molecule has 2 heteroatoms. The Kier molecular flexibility index (Phi) is 7.66. The van der Waals surface area contributed by atoms with E-state index in [0.29, 0.717) is 31.3 Å². The number of unbranched alkanes of at least 4 members (excludes halogenated alkanes) is 2. The number of carbonyl (C=O) groups excluding carboxylic acids is 1. The first-order chi connectivity index (χ1) is 14.2. The Morgan fingerprint density at radius 3 is 2.03 bits per heavy atom. The summed E-state index contributed by atoms with van der Waals surface area (Å²) in [6.45, 7) is 7.77. The number of hydrogen-bond donors (Lipinski definition) is 0. The fraction of sp³-hybridized carbons (Fsp3) is 0.519. The lowest BCUT2D eigenvalue weighted by molar-refractivity contribution is -0.126. The van der Waals surface area contributed by atoms with Gasteiger partial charge in [-0.2, -0.15) is 0 Å². The minimum absolute atomic E-state index is 0.328. The molecule has 0 N–H and O–H groups in total. The molecule has 0 fully saturated rings. The normalized spacial score (nSPS) is 15.0. The molecule has 1 aliphatic rings. The van der Waals surface area contributed by atoms with E-state index < -0.39 is 5.41 Å². The van der Waals surface area contributed by atoms with Crippen molar-refractivity contribution in [2.45, 2.75) is 71.1 Å². The zero-order chi connectivity index (χ0) is 20.7. The highest BCUT2D eigenvalue weighted by Gasteiger charge is 2.48. The molecule has 0 aliphatic heterocycles. The minimum atomic E-state index is -0.666. The lowest BCUT2D eigenvalue weighted by atomic mass is 9.72. The maximum Gasteiger partial charge on any atom is 0.150 e. The zero-order valence-electron chi connectivity index (χ0n) is 18.4. The van der Waals surface area contributed by atoms with E-state index in [-0.39, 0.29) is 0 Å². The van der Waals surface area contributed by atoms with Crippen LogP contribution in [-0.2, 0) is 14.9 Å². The van der Waals surface area contributed by atoms with Crippen LogP contribution < -0.4 is 0 Å². The van der Waals surface area contributed by atoms with Crippen LogP contribution in [0.15, 0.2) is 48.5 Å². The molecule has 0 saturated heterocycles. The highest BCUT2D eigenvalue weighted by Crippen LogP contribution is 2.50. The maximum absolute atomic E-state index is 14.0. The summed E-state index contributed by atoms with van der Waals surface area (Å²) in [6, 6.07) is 16.9. The molecule has 2 aromatic rings. The highest BCUT2D eigenvalue weighted by molar-refractivity contribution is 6.02. The quantitative estimate of drug-likeness (QED) is 0.365. The van der Waals surface area contributed by atoms with E-state index in [0.717, 1.165) is 36.8 Å². The van der Waals surface area contributed by atoms with Gasteiger partial charge in [0, 0.05) is 13.0 Å². The Morgan fingerprint density at radius 1 is 0.897 bits per heavy atom. The van der Waals surface area contributed by atoms with Crippen molar-refractivity contribution in [3.05, 3.63) is 59.7 Å². The Labute approximate surface area is 176 Å². The molecule has 3 rings (SSSR count). The first kappa shape index (κ1) is 21.8. The number of Topliss-reactive ketones (excluding diaryl/α,β-unsaturated/α-hetero) is 1. The van der Waals surface area contributed by atoms with Crippen molar-refractivity contribution in [1.29, 1.82) is 0 Å². The number of fused-ring (bicyclic) bond motifs is 3. The smallest absolute Gasteiger partial charge is 0.150 e. The van der Waals surface area contributed by atoms with Crippen LogP contribution >= 0.6 is 0 Å². The Bertz CT molecular complexity index is 762. The molecule has 0 bridgehead atoms. The van der Waals surface area contributed by atoms with E-state index in [1.54, 1.807) is 0 Å². The van der Waals surface area contributed by atoms with Crippen molar-refractivity contribution in [2.75, 3.05) is 13.2 Å². The standard InChI is InChI=1S/C27H36O2/c1-4-7-13-21(6-3)19-26(28)27(20-29-18-8-5-2)24-16-11-9-14-22(24)23-15-10-12-17-25(23)27/h9-12,14-17,21H,4-8,13,18-20H2,1-3H3. The second-order valence-electron chi connectivity index (χ2n) is 8.45. The molecule has 1 unspecified atom stereocenters. The molecule has 0 heterocycles. The van der Waals surface area contributed by atoms with E-state index >= 15 is 0 Å². The van der Waals surface area contributed by atoms with Crippen LogP contribution in [0.1, 0.15) is 76.8 Å². The van der Waals surface area contributed by atoms with Gasteiger partial charge in [0.25, 0.3) is 0 Å². The molecule has 2 nitrogen and oxygen atoms in total. The summed E-state index contributed by atoms with van der Waals surface area (Å²) in [6.07, 6.45) is 7.33. The number of benzene rings is 2. The van der Waals surface area contributed by atoms with Crippen molar-refractivity contribution in [3.8, 4) is 11.1 Å². The molecule has 1 aliphatic carbocycles. The summed E-state index contributed by atoms with van der Waals surface area (Å²) >= 11 is 0. The number of carbonyl (C=O) groups is 1. The maximum atomic E-state index is 14.0. The first-order valence-corrected chi connectivity index (χ1v) is 11.5. The van der Waals surface area contributed by atoms with E-state index in [1.807, 2.05) is 0 Å². The van der Waals surface area contributed by atoms with E-state index in [1.165, 1.54) is 24.0 Å². The summed E-state index contributed by atoms with van der Waals surface area (Å²) in [5, 5.41) is 0. The van der Waals surface area contributed by atoms with Crippen LogP contribution in [0.3, 0.4) is 0 Å². The lowest BCUT2D eigenvalue weighted by Crippen LogP contribution is -2.41. The van der Waals surface area contributed by atoms with Gasteiger partial charge in [0.1, 0.15) is 11.2 Å². The summed E-state index contributed by atoms with van der Waals surface area (Å²) in [5.74, 6) is 0.782. The van der Waals surface area contributed by atoms with Crippen molar-refractivity contribution in [1.82, 2.24) is 0 Å². The number of rotatable bonds is 12. The first-order valence-electron chi connectivity index (χ1n) is 11.5. The van der Waals surface area contributed by atoms with Gasteiger partial charge < -0.3 is 4.74 Å². The zero-order valence-corrected chi connectivity index (χ0v) is 18.4. The average molecular weight is 393 g/mol. The second-order valence-corrected chi connectivity index (χ2v) is 8.45. The monoisotopic (exact) mass is 392 g/mol. The Balaban J connectivity index is 2.01. The summed E-state index contributed by atoms with van der Waals surface area (Å²) in [7, 11) is 0. The third kappa shape index (κ3) is 4.33. The number of ketones is 1. The molecule has 2 aromatic carbocycles. The molecule has 29 heavy (non-hydrogen) atoms. The summed E-state index contributed by atoms with van der Waals surface area (Å²) in [4.78, 5) is 14.0. The van der Waals surface area contributed by atoms with Crippen molar-refractivity contribution >= 4 is 5.78 Å². The molecule has 0 aromatic heterocycles. The third-order valence-electron chi connectivity index (χ3n) is 6.52.